The van der Waals surface area contributed by atoms with E-state index in [-0.39, 0.29) is 0 Å². The van der Waals surface area contributed by atoms with Crippen LogP contribution < -0.4 is 0 Å². The van der Waals surface area contributed by atoms with Crippen molar-refractivity contribution < 1.29 is 4.57 Å². The molecule has 2 aromatic rings. The van der Waals surface area contributed by atoms with Crippen molar-refractivity contribution in [3.63, 3.8) is 0 Å². The highest BCUT2D eigenvalue weighted by atomic mass is 31.1. The van der Waals surface area contributed by atoms with Gasteiger partial charge in [0.15, 0.2) is 0 Å². The minimum atomic E-state index is -1.43. The van der Waals surface area contributed by atoms with E-state index in [4.69, 9.17) is 0 Å². The van der Waals surface area contributed by atoms with Crippen LogP contribution in [0.25, 0.3) is 0 Å². The Morgan fingerprint density at radius 2 is 1.06 bits per heavy atom. The van der Waals surface area contributed by atoms with E-state index in [1.807, 2.05) is 36.4 Å². The number of aryl methyl sites for hydroxylation is 2. The Bertz CT molecular complexity index is 433. The first-order valence-electron chi connectivity index (χ1n) is 6.44. The van der Waals surface area contributed by atoms with Gasteiger partial charge in [0.25, 0.3) is 0 Å². The molecule has 0 atom stereocenters. The number of benzene rings is 2. The second-order valence-electron chi connectivity index (χ2n) is 4.51. The van der Waals surface area contributed by atoms with Crippen molar-refractivity contribution >= 4 is 7.80 Å². The summed E-state index contributed by atoms with van der Waals surface area (Å²) in [6, 6.07) is 20.6. The maximum Gasteiger partial charge on any atom is 0.0768 e. The van der Waals surface area contributed by atoms with Gasteiger partial charge in [0.05, 0.1) is 7.80 Å². The molecular formula is C16H19OP. The lowest BCUT2D eigenvalue weighted by molar-refractivity contribution is 0.587. The van der Waals surface area contributed by atoms with Gasteiger partial charge in [-0.1, -0.05) is 60.7 Å². The van der Waals surface area contributed by atoms with Crippen molar-refractivity contribution in [3.05, 3.63) is 71.8 Å². The highest BCUT2D eigenvalue weighted by molar-refractivity contribution is 7.44. The van der Waals surface area contributed by atoms with Gasteiger partial charge in [0.1, 0.15) is 0 Å². The molecule has 94 valence electrons. The van der Waals surface area contributed by atoms with E-state index >= 15 is 0 Å². The van der Waals surface area contributed by atoms with Crippen molar-refractivity contribution in [2.75, 3.05) is 12.3 Å². The third-order valence-electron chi connectivity index (χ3n) is 3.07. The lowest BCUT2D eigenvalue weighted by Crippen LogP contribution is -1.93. The van der Waals surface area contributed by atoms with Crippen LogP contribution in [0.3, 0.4) is 0 Å². The van der Waals surface area contributed by atoms with Gasteiger partial charge in [0.2, 0.25) is 0 Å². The molecule has 1 nitrogen and oxygen atoms in total. The Balaban J connectivity index is 1.73. The van der Waals surface area contributed by atoms with Crippen molar-refractivity contribution in [1.82, 2.24) is 0 Å². The van der Waals surface area contributed by atoms with Crippen LogP contribution in [-0.2, 0) is 17.4 Å². The van der Waals surface area contributed by atoms with Crippen LogP contribution in [0.5, 0.6) is 0 Å². The molecule has 0 spiro atoms. The zero-order chi connectivity index (χ0) is 12.6. The summed E-state index contributed by atoms with van der Waals surface area (Å²) in [5.41, 5.74) is 2.58. The highest BCUT2D eigenvalue weighted by Gasteiger charge is 2.01. The smallest absolute Gasteiger partial charge is 0.0768 e. The molecule has 0 amide bonds. The van der Waals surface area contributed by atoms with Gasteiger partial charge in [0, 0.05) is 12.3 Å². The summed E-state index contributed by atoms with van der Waals surface area (Å²) in [4.78, 5) is 0. The largest absolute Gasteiger partial charge is 0.327 e. The molecule has 0 fully saturated rings. The SMILES string of the molecule is O=[PH](CCc1ccccc1)CCc1ccccc1. The predicted octanol–water partition coefficient (Wildman–Crippen LogP) is 4.03. The van der Waals surface area contributed by atoms with E-state index in [9.17, 15) is 4.57 Å². The molecular weight excluding hydrogens is 239 g/mol. The zero-order valence-corrected chi connectivity index (χ0v) is 11.5. The van der Waals surface area contributed by atoms with Gasteiger partial charge >= 0.3 is 0 Å². The highest BCUT2D eigenvalue weighted by Crippen LogP contribution is 2.23. The molecule has 0 saturated carbocycles. The molecule has 0 unspecified atom stereocenters. The Hall–Kier alpha value is -1.33. The van der Waals surface area contributed by atoms with Crippen LogP contribution >= 0.6 is 7.80 Å². The molecule has 0 bridgehead atoms. The van der Waals surface area contributed by atoms with Gasteiger partial charge in [-0.05, 0) is 24.0 Å². The molecule has 2 heteroatoms. The van der Waals surface area contributed by atoms with E-state index in [2.05, 4.69) is 24.3 Å². The van der Waals surface area contributed by atoms with Crippen LogP contribution in [-0.4, -0.2) is 12.3 Å². The summed E-state index contributed by atoms with van der Waals surface area (Å²) in [5, 5.41) is 0. The molecule has 0 saturated heterocycles. The molecule has 0 heterocycles. The fourth-order valence-corrected chi connectivity index (χ4v) is 3.37. The van der Waals surface area contributed by atoms with Crippen LogP contribution in [0, 0.1) is 0 Å². The fraction of sp³-hybridized carbons (Fsp3) is 0.250. The van der Waals surface area contributed by atoms with Gasteiger partial charge in [-0.3, -0.25) is 0 Å². The van der Waals surface area contributed by atoms with Crippen LogP contribution in [0.4, 0.5) is 0 Å². The van der Waals surface area contributed by atoms with Gasteiger partial charge in [-0.2, -0.15) is 0 Å². The molecule has 0 aliphatic rings. The lowest BCUT2D eigenvalue weighted by atomic mass is 10.2. The molecule has 0 N–H and O–H groups in total. The van der Waals surface area contributed by atoms with Gasteiger partial charge < -0.3 is 4.57 Å². The first-order valence-corrected chi connectivity index (χ1v) is 8.26. The topological polar surface area (TPSA) is 17.1 Å². The third-order valence-corrected chi connectivity index (χ3v) is 4.69. The van der Waals surface area contributed by atoms with Gasteiger partial charge in [-0.25, -0.2) is 0 Å². The molecule has 0 aromatic heterocycles. The van der Waals surface area contributed by atoms with E-state index in [1.165, 1.54) is 11.1 Å². The van der Waals surface area contributed by atoms with Gasteiger partial charge in [-0.15, -0.1) is 0 Å². The molecule has 0 aliphatic carbocycles. The maximum absolute atomic E-state index is 12.0. The standard InChI is InChI=1S/C16H19OP/c17-18(13-11-15-7-3-1-4-8-15)14-12-16-9-5-2-6-10-16/h1-10,18H,11-14H2. The molecule has 0 radical (unpaired) electrons. The summed E-state index contributed by atoms with van der Waals surface area (Å²) in [6.07, 6.45) is 3.55. The first-order chi connectivity index (χ1) is 8.84. The third kappa shape index (κ3) is 4.50. The minimum absolute atomic E-state index is 0.835. The van der Waals surface area contributed by atoms with E-state index < -0.39 is 7.80 Å². The minimum Gasteiger partial charge on any atom is -0.327 e. The summed E-state index contributed by atoms with van der Waals surface area (Å²) in [6.45, 7) is 0. The van der Waals surface area contributed by atoms with E-state index in [0.717, 1.165) is 25.2 Å². The predicted molar refractivity (Wildman–Crippen MR) is 79.0 cm³/mol. The molecule has 2 rings (SSSR count). The lowest BCUT2D eigenvalue weighted by Gasteiger charge is -2.03. The first kappa shape index (κ1) is 13.1. The Morgan fingerprint density at radius 3 is 1.44 bits per heavy atom. The Kier molecular flexibility index (Phi) is 5.23. The molecule has 2 aromatic carbocycles. The summed E-state index contributed by atoms with van der Waals surface area (Å²) in [5.74, 6) is 0. The average Bonchev–Trinajstić information content (AvgIpc) is 2.45. The molecule has 18 heavy (non-hydrogen) atoms. The van der Waals surface area contributed by atoms with Crippen LogP contribution in [0.15, 0.2) is 60.7 Å². The maximum atomic E-state index is 12.0. The second kappa shape index (κ2) is 7.18. The number of rotatable bonds is 6. The average molecular weight is 258 g/mol. The van der Waals surface area contributed by atoms with Crippen molar-refractivity contribution in [2.24, 2.45) is 0 Å². The van der Waals surface area contributed by atoms with Crippen molar-refractivity contribution in [1.29, 1.82) is 0 Å². The van der Waals surface area contributed by atoms with Crippen molar-refractivity contribution in [3.8, 4) is 0 Å². The summed E-state index contributed by atoms with van der Waals surface area (Å²) in [7, 11) is -1.43. The second-order valence-corrected chi connectivity index (χ2v) is 6.59. The van der Waals surface area contributed by atoms with E-state index in [0.29, 0.717) is 0 Å². The normalized spacial score (nSPS) is 10.7. The van der Waals surface area contributed by atoms with Crippen LogP contribution in [0.1, 0.15) is 11.1 Å². The zero-order valence-electron chi connectivity index (χ0n) is 10.5. The Morgan fingerprint density at radius 1 is 0.667 bits per heavy atom. The monoisotopic (exact) mass is 258 g/mol. The number of hydrogen-bond donors (Lipinski definition) is 0. The number of hydrogen-bond acceptors (Lipinski definition) is 1. The van der Waals surface area contributed by atoms with Crippen molar-refractivity contribution in [2.45, 2.75) is 12.8 Å². The van der Waals surface area contributed by atoms with Crippen LogP contribution in [0.2, 0.25) is 0 Å². The van der Waals surface area contributed by atoms with E-state index in [1.54, 1.807) is 0 Å². The molecule has 0 aliphatic heterocycles. The summed E-state index contributed by atoms with van der Waals surface area (Å²) < 4.78 is 12.0. The fourth-order valence-electron chi connectivity index (χ4n) is 1.98. The Labute approximate surface area is 110 Å². The summed E-state index contributed by atoms with van der Waals surface area (Å²) >= 11 is 0. The quantitative estimate of drug-likeness (QED) is 0.715.